The van der Waals surface area contributed by atoms with Crippen LogP contribution in [0, 0.1) is 0 Å². The van der Waals surface area contributed by atoms with E-state index < -0.39 is 0 Å². The minimum absolute atomic E-state index is 0.345. The van der Waals surface area contributed by atoms with Crippen LogP contribution in [-0.2, 0) is 0 Å². The van der Waals surface area contributed by atoms with Gasteiger partial charge in [0.25, 0.3) is 0 Å². The first kappa shape index (κ1) is 31.2. The van der Waals surface area contributed by atoms with Gasteiger partial charge in [-0.25, -0.2) is 0 Å². The molecule has 0 fully saturated rings. The van der Waals surface area contributed by atoms with Crippen LogP contribution in [0.5, 0.6) is 0 Å². The highest BCUT2D eigenvalue weighted by molar-refractivity contribution is 9.11. The number of thiocarbonyl (C=S) groups is 1. The van der Waals surface area contributed by atoms with Crippen molar-refractivity contribution >= 4 is 49.1 Å². The zero-order valence-corrected chi connectivity index (χ0v) is 28.3. The number of nitrogens with zero attached hydrogens (tertiary/aromatic N) is 5. The van der Waals surface area contributed by atoms with Crippen molar-refractivity contribution in [3.05, 3.63) is 161 Å². The topological polar surface area (TPSA) is 82.5 Å². The van der Waals surface area contributed by atoms with Crippen LogP contribution in [0.15, 0.2) is 155 Å². The van der Waals surface area contributed by atoms with Gasteiger partial charge in [-0.3, -0.25) is 14.5 Å². The van der Waals surface area contributed by atoms with Crippen molar-refractivity contribution in [1.82, 2.24) is 24.7 Å². The summed E-state index contributed by atoms with van der Waals surface area (Å²) in [6.07, 6.45) is 5.29. The Labute approximate surface area is 289 Å². The largest absolute Gasteiger partial charge is 0.389 e. The molecule has 0 saturated heterocycles. The highest BCUT2D eigenvalue weighted by Crippen LogP contribution is 2.33. The Balaban J connectivity index is 0.000000162. The van der Waals surface area contributed by atoms with Crippen LogP contribution in [-0.4, -0.2) is 29.7 Å². The van der Waals surface area contributed by atoms with Gasteiger partial charge in [0.05, 0.1) is 17.1 Å². The number of hydrogen-bond donors (Lipinski definition) is 1. The first-order valence-corrected chi connectivity index (χ1v) is 16.3. The fourth-order valence-electron chi connectivity index (χ4n) is 4.88. The van der Waals surface area contributed by atoms with E-state index >= 15 is 0 Å². The van der Waals surface area contributed by atoms with Crippen molar-refractivity contribution in [2.45, 2.75) is 0 Å². The van der Waals surface area contributed by atoms with E-state index in [0.29, 0.717) is 4.99 Å². The second-order valence-corrected chi connectivity index (χ2v) is 12.2. The summed E-state index contributed by atoms with van der Waals surface area (Å²) in [5, 5.41) is 8.32. The second-order valence-electron chi connectivity index (χ2n) is 10.1. The fraction of sp³-hybridized carbons (Fsp3) is 0. The Morgan fingerprint density at radius 2 is 1.22 bits per heavy atom. The first-order chi connectivity index (χ1) is 22.5. The van der Waals surface area contributed by atoms with Gasteiger partial charge in [-0.2, -0.15) is 0 Å². The number of benzene rings is 4. The van der Waals surface area contributed by atoms with Crippen molar-refractivity contribution in [2.24, 2.45) is 5.73 Å². The van der Waals surface area contributed by atoms with Gasteiger partial charge in [-0.1, -0.05) is 119 Å². The molecular weight excluding hydrogens is 720 g/mol. The van der Waals surface area contributed by atoms with Crippen LogP contribution in [0.25, 0.3) is 50.7 Å². The first-order valence-electron chi connectivity index (χ1n) is 14.3. The van der Waals surface area contributed by atoms with E-state index in [9.17, 15) is 0 Å². The van der Waals surface area contributed by atoms with Crippen molar-refractivity contribution in [3.8, 4) is 50.7 Å². The lowest BCUT2D eigenvalue weighted by Gasteiger charge is -2.12. The molecule has 4 aromatic carbocycles. The number of pyridine rings is 2. The maximum absolute atomic E-state index is 5.87. The van der Waals surface area contributed by atoms with Crippen molar-refractivity contribution < 1.29 is 0 Å². The van der Waals surface area contributed by atoms with Crippen LogP contribution in [0.4, 0.5) is 0 Å². The molecule has 0 bridgehead atoms. The summed E-state index contributed by atoms with van der Waals surface area (Å²) in [7, 11) is 0. The van der Waals surface area contributed by atoms with E-state index in [2.05, 4.69) is 52.0 Å². The zero-order chi connectivity index (χ0) is 31.9. The van der Waals surface area contributed by atoms with Crippen LogP contribution in [0.3, 0.4) is 0 Å². The van der Waals surface area contributed by atoms with Gasteiger partial charge in [0.15, 0.2) is 5.82 Å². The monoisotopic (exact) mass is 744 g/mol. The molecular formula is C37H26Br2N6S. The third kappa shape index (κ3) is 7.02. The average molecular weight is 747 g/mol. The molecule has 6 nitrogen and oxygen atoms in total. The summed E-state index contributed by atoms with van der Waals surface area (Å²) in [5.74, 6) is 0.758. The van der Waals surface area contributed by atoms with E-state index in [-0.39, 0.29) is 0 Å². The zero-order valence-electron chi connectivity index (χ0n) is 24.3. The number of halogens is 2. The van der Waals surface area contributed by atoms with Crippen LogP contribution in [0.2, 0.25) is 0 Å². The van der Waals surface area contributed by atoms with Crippen molar-refractivity contribution in [1.29, 1.82) is 0 Å². The molecule has 0 amide bonds. The maximum atomic E-state index is 5.87. The molecule has 0 aliphatic carbocycles. The van der Waals surface area contributed by atoms with E-state index in [0.717, 1.165) is 65.2 Å². The number of hydrogen-bond acceptors (Lipinski definition) is 5. The number of aromatic nitrogens is 5. The van der Waals surface area contributed by atoms with E-state index in [1.54, 1.807) is 12.5 Å². The van der Waals surface area contributed by atoms with Crippen LogP contribution in [0.1, 0.15) is 5.56 Å². The SMILES string of the molecule is Brc1ccccc1-n1cnnc1-c1ccc(-c2ccccc2)nc1.NC(=S)c1cnc(-c2ccccc2)cc1-c1ccccc1Br. The van der Waals surface area contributed by atoms with Gasteiger partial charge in [0.1, 0.15) is 11.3 Å². The van der Waals surface area contributed by atoms with E-state index in [4.69, 9.17) is 18.0 Å². The van der Waals surface area contributed by atoms with Crippen LogP contribution >= 0.6 is 44.1 Å². The molecule has 9 heteroatoms. The fourth-order valence-corrected chi connectivity index (χ4v) is 6.02. The van der Waals surface area contributed by atoms with Crippen molar-refractivity contribution in [2.75, 3.05) is 0 Å². The molecule has 0 aliphatic heterocycles. The summed E-state index contributed by atoms with van der Waals surface area (Å²) in [6, 6.07) is 42.2. The molecule has 0 spiro atoms. The lowest BCUT2D eigenvalue weighted by Crippen LogP contribution is -2.11. The predicted octanol–water partition coefficient (Wildman–Crippen LogP) is 9.57. The van der Waals surface area contributed by atoms with E-state index in [1.165, 1.54) is 0 Å². The molecule has 0 atom stereocenters. The molecule has 3 aromatic heterocycles. The molecule has 2 N–H and O–H groups in total. The Kier molecular flexibility index (Phi) is 9.83. The summed E-state index contributed by atoms with van der Waals surface area (Å²) >= 11 is 12.3. The number of para-hydroxylation sites is 1. The normalized spacial score (nSPS) is 10.6. The minimum Gasteiger partial charge on any atom is -0.389 e. The Bertz CT molecular complexity index is 2100. The quantitative estimate of drug-likeness (QED) is 0.171. The third-order valence-corrected chi connectivity index (χ3v) is 8.74. The minimum atomic E-state index is 0.345. The van der Waals surface area contributed by atoms with Gasteiger partial charge in [0.2, 0.25) is 0 Å². The molecule has 7 rings (SSSR count). The molecule has 224 valence electrons. The van der Waals surface area contributed by atoms with Gasteiger partial charge >= 0.3 is 0 Å². The van der Waals surface area contributed by atoms with Crippen LogP contribution < -0.4 is 5.73 Å². The third-order valence-electron chi connectivity index (χ3n) is 7.15. The second kappa shape index (κ2) is 14.5. The van der Waals surface area contributed by atoms with Gasteiger partial charge < -0.3 is 5.73 Å². The molecule has 0 radical (unpaired) electrons. The lowest BCUT2D eigenvalue weighted by molar-refractivity contribution is 1.05. The van der Waals surface area contributed by atoms with Crippen molar-refractivity contribution in [3.63, 3.8) is 0 Å². The molecule has 7 aromatic rings. The average Bonchev–Trinajstić information content (AvgIpc) is 3.59. The molecule has 0 saturated carbocycles. The Morgan fingerprint density at radius 3 is 1.85 bits per heavy atom. The standard InChI is InChI=1S/C19H13BrN4.C18H13BrN2S/c20-16-8-4-5-9-18(16)24-13-22-23-19(24)15-10-11-17(21-12-15)14-6-2-1-3-7-14;19-16-9-5-4-8-13(16)14-10-17(12-6-2-1-3-7-12)21-11-15(14)18(20)22/h1-13H;1-11H,(H2,20,22). The summed E-state index contributed by atoms with van der Waals surface area (Å²) < 4.78 is 3.93. The molecule has 3 heterocycles. The molecule has 0 unspecified atom stereocenters. The maximum Gasteiger partial charge on any atom is 0.169 e. The highest BCUT2D eigenvalue weighted by atomic mass is 79.9. The Morgan fingerprint density at radius 1 is 0.609 bits per heavy atom. The van der Waals surface area contributed by atoms with Gasteiger partial charge in [-0.15, -0.1) is 10.2 Å². The van der Waals surface area contributed by atoms with Gasteiger partial charge in [0, 0.05) is 43.6 Å². The summed E-state index contributed by atoms with van der Waals surface area (Å²) in [4.78, 5) is 9.42. The molecule has 0 aliphatic rings. The predicted molar refractivity (Wildman–Crippen MR) is 196 cm³/mol. The number of rotatable bonds is 6. The highest BCUT2D eigenvalue weighted by Gasteiger charge is 2.14. The smallest absolute Gasteiger partial charge is 0.169 e. The summed E-state index contributed by atoms with van der Waals surface area (Å²) in [6.45, 7) is 0. The van der Waals surface area contributed by atoms with E-state index in [1.807, 2.05) is 138 Å². The molecule has 46 heavy (non-hydrogen) atoms. The van der Waals surface area contributed by atoms with Gasteiger partial charge in [-0.05, 0) is 63.5 Å². The number of nitrogens with two attached hydrogens (primary N) is 1. The Hall–Kier alpha value is -4.83. The lowest BCUT2D eigenvalue weighted by atomic mass is 9.99. The summed E-state index contributed by atoms with van der Waals surface area (Å²) in [5.41, 5.74) is 14.6.